The largest absolute Gasteiger partial charge is 0.481 e. The van der Waals surface area contributed by atoms with Gasteiger partial charge in [0.2, 0.25) is 10.0 Å². The number of nitrogens with zero attached hydrogens (tertiary/aromatic N) is 1. The van der Waals surface area contributed by atoms with Gasteiger partial charge in [0.05, 0.1) is 22.8 Å². The number of carboxylic acids is 1. The summed E-state index contributed by atoms with van der Waals surface area (Å²) in [5, 5.41) is 17.8. The number of aliphatic carboxylic acids is 1. The lowest BCUT2D eigenvalue weighted by atomic mass is 9.88. The summed E-state index contributed by atoms with van der Waals surface area (Å²) >= 11 is 0. The number of carbonyl (C=O) groups is 1. The molecule has 21 heavy (non-hydrogen) atoms. The molecule has 0 fully saturated rings. The lowest BCUT2D eigenvalue weighted by Crippen LogP contribution is -2.40. The summed E-state index contributed by atoms with van der Waals surface area (Å²) in [6.07, 6.45) is 0.321. The van der Waals surface area contributed by atoms with Gasteiger partial charge in [0.25, 0.3) is 0 Å². The molecule has 0 radical (unpaired) electrons. The number of benzene rings is 1. The van der Waals surface area contributed by atoms with E-state index in [2.05, 4.69) is 4.72 Å². The molecule has 0 heterocycles. The predicted octanol–water partition coefficient (Wildman–Crippen LogP) is 1.48. The van der Waals surface area contributed by atoms with Gasteiger partial charge in [0, 0.05) is 6.54 Å². The first kappa shape index (κ1) is 17.1. The third kappa shape index (κ3) is 4.85. The van der Waals surface area contributed by atoms with E-state index in [1.54, 1.807) is 19.1 Å². The van der Waals surface area contributed by atoms with E-state index in [0.717, 1.165) is 0 Å². The van der Waals surface area contributed by atoms with Crippen LogP contribution in [0.1, 0.15) is 31.4 Å². The van der Waals surface area contributed by atoms with Gasteiger partial charge in [-0.25, -0.2) is 13.1 Å². The Morgan fingerprint density at radius 1 is 1.38 bits per heavy atom. The molecule has 0 aliphatic carbocycles. The molecule has 0 bridgehead atoms. The Balaban J connectivity index is 2.74. The number of carboxylic acid groups (broad SMARTS) is 1. The average Bonchev–Trinajstić information content (AvgIpc) is 2.45. The number of rotatable bonds is 7. The zero-order valence-corrected chi connectivity index (χ0v) is 12.8. The van der Waals surface area contributed by atoms with Crippen LogP contribution < -0.4 is 4.72 Å². The zero-order chi connectivity index (χ0) is 16.1. The Hall–Kier alpha value is -1.91. The molecule has 2 N–H and O–H groups in total. The highest BCUT2D eigenvalue weighted by molar-refractivity contribution is 7.88. The zero-order valence-electron chi connectivity index (χ0n) is 12.0. The molecule has 0 aliphatic rings. The van der Waals surface area contributed by atoms with Crippen molar-refractivity contribution in [1.82, 2.24) is 4.72 Å². The second-order valence-electron chi connectivity index (χ2n) is 5.11. The molecule has 1 aromatic carbocycles. The lowest BCUT2D eigenvalue weighted by Gasteiger charge is -2.23. The number of hydrogen-bond acceptors (Lipinski definition) is 4. The van der Waals surface area contributed by atoms with Gasteiger partial charge in [0.15, 0.2) is 0 Å². The fourth-order valence-corrected chi connectivity index (χ4v) is 2.84. The molecule has 114 valence electrons. The SMILES string of the molecule is CCC(C)(CNS(=O)(=O)Cc1ccc(C#N)cc1)C(=O)O. The van der Waals surface area contributed by atoms with Crippen LogP contribution in [0.5, 0.6) is 0 Å². The van der Waals surface area contributed by atoms with Crippen LogP contribution in [-0.4, -0.2) is 26.0 Å². The van der Waals surface area contributed by atoms with E-state index in [4.69, 9.17) is 10.4 Å². The Kier molecular flexibility index (Phi) is 5.47. The van der Waals surface area contributed by atoms with Crippen LogP contribution in [0.15, 0.2) is 24.3 Å². The molecule has 1 atom stereocenters. The maximum atomic E-state index is 12.0. The van der Waals surface area contributed by atoms with Gasteiger partial charge in [-0.2, -0.15) is 5.26 Å². The summed E-state index contributed by atoms with van der Waals surface area (Å²) < 4.78 is 26.3. The van der Waals surface area contributed by atoms with Crippen molar-refractivity contribution in [2.45, 2.75) is 26.0 Å². The Morgan fingerprint density at radius 2 is 1.95 bits per heavy atom. The summed E-state index contributed by atoms with van der Waals surface area (Å²) in [6.45, 7) is 3.04. The Bertz CT molecular complexity index is 647. The smallest absolute Gasteiger partial charge is 0.310 e. The van der Waals surface area contributed by atoms with Crippen molar-refractivity contribution in [3.05, 3.63) is 35.4 Å². The monoisotopic (exact) mass is 310 g/mol. The van der Waals surface area contributed by atoms with E-state index in [9.17, 15) is 13.2 Å². The minimum Gasteiger partial charge on any atom is -0.481 e. The normalized spacial score (nSPS) is 14.1. The van der Waals surface area contributed by atoms with Gasteiger partial charge in [-0.1, -0.05) is 19.1 Å². The predicted molar refractivity (Wildman–Crippen MR) is 77.8 cm³/mol. The molecule has 1 rings (SSSR count). The van der Waals surface area contributed by atoms with Crippen molar-refractivity contribution in [1.29, 1.82) is 5.26 Å². The summed E-state index contributed by atoms with van der Waals surface area (Å²) in [5.74, 6) is -1.29. The first-order valence-electron chi connectivity index (χ1n) is 6.42. The van der Waals surface area contributed by atoms with E-state index >= 15 is 0 Å². The van der Waals surface area contributed by atoms with Gasteiger partial charge in [0.1, 0.15) is 0 Å². The summed E-state index contributed by atoms with van der Waals surface area (Å²) in [4.78, 5) is 11.1. The first-order valence-corrected chi connectivity index (χ1v) is 8.07. The molecule has 1 unspecified atom stereocenters. The number of nitriles is 1. The van der Waals surface area contributed by atoms with Crippen LogP contribution in [0.3, 0.4) is 0 Å². The molecule has 0 saturated heterocycles. The van der Waals surface area contributed by atoms with Gasteiger partial charge < -0.3 is 5.11 Å². The van der Waals surface area contributed by atoms with Crippen molar-refractivity contribution in [2.24, 2.45) is 5.41 Å². The fourth-order valence-electron chi connectivity index (χ4n) is 1.57. The van der Waals surface area contributed by atoms with Crippen LogP contribution >= 0.6 is 0 Å². The molecular weight excluding hydrogens is 292 g/mol. The van der Waals surface area contributed by atoms with Gasteiger partial charge in [-0.05, 0) is 31.0 Å². The van der Waals surface area contributed by atoms with Crippen molar-refractivity contribution in [3.63, 3.8) is 0 Å². The molecule has 0 spiro atoms. The summed E-state index contributed by atoms with van der Waals surface area (Å²) in [5.41, 5.74) is -0.138. The van der Waals surface area contributed by atoms with Crippen LogP contribution in [0.2, 0.25) is 0 Å². The second kappa shape index (κ2) is 6.70. The molecule has 7 heteroatoms. The van der Waals surface area contributed by atoms with Crippen LogP contribution in [-0.2, 0) is 20.6 Å². The van der Waals surface area contributed by atoms with Crippen LogP contribution in [0, 0.1) is 16.7 Å². The van der Waals surface area contributed by atoms with Crippen LogP contribution in [0.25, 0.3) is 0 Å². The third-order valence-corrected chi connectivity index (χ3v) is 4.72. The fraction of sp³-hybridized carbons (Fsp3) is 0.429. The first-order chi connectivity index (χ1) is 9.72. The van der Waals surface area contributed by atoms with Crippen molar-refractivity contribution in [3.8, 4) is 6.07 Å². The summed E-state index contributed by atoms with van der Waals surface area (Å²) in [7, 11) is -3.63. The van der Waals surface area contributed by atoms with E-state index < -0.39 is 21.4 Å². The lowest BCUT2D eigenvalue weighted by molar-refractivity contribution is -0.147. The van der Waals surface area contributed by atoms with Gasteiger partial charge in [-0.3, -0.25) is 4.79 Å². The quantitative estimate of drug-likeness (QED) is 0.793. The number of nitrogens with one attached hydrogen (secondary N) is 1. The topological polar surface area (TPSA) is 107 Å². The highest BCUT2D eigenvalue weighted by Crippen LogP contribution is 2.20. The summed E-state index contributed by atoms with van der Waals surface area (Å²) in [6, 6.07) is 8.16. The van der Waals surface area contributed by atoms with Gasteiger partial charge in [-0.15, -0.1) is 0 Å². The van der Waals surface area contributed by atoms with E-state index in [0.29, 0.717) is 17.5 Å². The van der Waals surface area contributed by atoms with Crippen molar-refractivity contribution in [2.75, 3.05) is 6.54 Å². The minimum atomic E-state index is -3.63. The molecule has 0 aliphatic heterocycles. The Morgan fingerprint density at radius 3 is 2.38 bits per heavy atom. The maximum absolute atomic E-state index is 12.0. The number of sulfonamides is 1. The highest BCUT2D eigenvalue weighted by atomic mass is 32.2. The van der Waals surface area contributed by atoms with E-state index in [1.165, 1.54) is 19.1 Å². The second-order valence-corrected chi connectivity index (χ2v) is 6.92. The molecule has 1 aromatic rings. The minimum absolute atomic E-state index is 0.155. The Labute approximate surface area is 124 Å². The molecule has 6 nitrogen and oxygen atoms in total. The molecule has 0 aromatic heterocycles. The molecular formula is C14H18N2O4S. The third-order valence-electron chi connectivity index (χ3n) is 3.42. The molecule has 0 amide bonds. The maximum Gasteiger partial charge on any atom is 0.310 e. The van der Waals surface area contributed by atoms with Crippen molar-refractivity contribution < 1.29 is 18.3 Å². The van der Waals surface area contributed by atoms with Crippen molar-refractivity contribution >= 4 is 16.0 Å². The van der Waals surface area contributed by atoms with Gasteiger partial charge >= 0.3 is 5.97 Å². The molecule has 0 saturated carbocycles. The standard InChI is InChI=1S/C14H18N2O4S/c1-3-14(2,13(17)18)10-16-21(19,20)9-12-6-4-11(8-15)5-7-12/h4-7,16H,3,9-10H2,1-2H3,(H,17,18). The van der Waals surface area contributed by atoms with Crippen LogP contribution in [0.4, 0.5) is 0 Å². The average molecular weight is 310 g/mol. The highest BCUT2D eigenvalue weighted by Gasteiger charge is 2.32. The van der Waals surface area contributed by atoms with E-state index in [-0.39, 0.29) is 12.3 Å². The van der Waals surface area contributed by atoms with E-state index in [1.807, 2.05) is 6.07 Å². The number of hydrogen-bond donors (Lipinski definition) is 2.